The Balaban J connectivity index is 1.70. The Morgan fingerprint density at radius 3 is 2.52 bits per heavy atom. The van der Waals surface area contributed by atoms with Gasteiger partial charge in [-0.15, -0.1) is 0 Å². The molecule has 25 heavy (non-hydrogen) atoms. The Morgan fingerprint density at radius 1 is 1.16 bits per heavy atom. The number of halogens is 1. The topological polar surface area (TPSA) is 61.6 Å². The van der Waals surface area contributed by atoms with Crippen molar-refractivity contribution >= 4 is 45.6 Å². The summed E-state index contributed by atoms with van der Waals surface area (Å²) in [4.78, 5) is 17.2. The van der Waals surface area contributed by atoms with E-state index in [1.165, 1.54) is 0 Å². The zero-order chi connectivity index (χ0) is 17.8. The zero-order valence-electron chi connectivity index (χ0n) is 14.3. The third kappa shape index (κ3) is 4.24. The van der Waals surface area contributed by atoms with E-state index in [0.29, 0.717) is 11.3 Å². The predicted octanol–water partition coefficient (Wildman–Crippen LogP) is 3.27. The predicted molar refractivity (Wildman–Crippen MR) is 112 cm³/mol. The van der Waals surface area contributed by atoms with Crippen molar-refractivity contribution in [1.29, 1.82) is 0 Å². The number of nitrogens with zero attached hydrogens (tertiary/aromatic N) is 2. The van der Waals surface area contributed by atoms with E-state index >= 15 is 0 Å². The van der Waals surface area contributed by atoms with Crippen LogP contribution in [0, 0.1) is 3.57 Å². The number of carbonyl (C=O) groups is 1. The molecule has 6 heteroatoms. The van der Waals surface area contributed by atoms with Crippen LogP contribution in [0.4, 0.5) is 17.1 Å². The Morgan fingerprint density at radius 2 is 1.88 bits per heavy atom. The third-order valence-electron chi connectivity index (χ3n) is 4.56. The summed E-state index contributed by atoms with van der Waals surface area (Å²) >= 11 is 2.17. The van der Waals surface area contributed by atoms with Crippen LogP contribution in [0.25, 0.3) is 0 Å². The highest BCUT2D eigenvalue weighted by Gasteiger charge is 2.18. The van der Waals surface area contributed by atoms with Gasteiger partial charge in [-0.25, -0.2) is 0 Å². The molecule has 1 amide bonds. The Labute approximate surface area is 162 Å². The molecule has 1 heterocycles. The lowest BCUT2D eigenvalue weighted by Crippen LogP contribution is -2.46. The summed E-state index contributed by atoms with van der Waals surface area (Å²) in [5.74, 6) is -0.117. The molecule has 3 N–H and O–H groups in total. The van der Waals surface area contributed by atoms with E-state index in [-0.39, 0.29) is 5.91 Å². The second-order valence-corrected chi connectivity index (χ2v) is 7.29. The van der Waals surface area contributed by atoms with Crippen LogP contribution in [0.15, 0.2) is 42.5 Å². The molecule has 5 nitrogen and oxygen atoms in total. The fourth-order valence-corrected chi connectivity index (χ4v) is 3.70. The smallest absolute Gasteiger partial charge is 0.256 e. The minimum atomic E-state index is -0.117. The van der Waals surface area contributed by atoms with Gasteiger partial charge in [-0.3, -0.25) is 4.79 Å². The fraction of sp³-hybridized carbons (Fsp3) is 0.316. The average molecular weight is 450 g/mol. The van der Waals surface area contributed by atoms with Gasteiger partial charge in [-0.2, -0.15) is 0 Å². The van der Waals surface area contributed by atoms with Crippen molar-refractivity contribution in [2.24, 2.45) is 0 Å². The minimum Gasteiger partial charge on any atom is -0.397 e. The maximum atomic E-state index is 12.4. The quantitative estimate of drug-likeness (QED) is 0.555. The van der Waals surface area contributed by atoms with Crippen LogP contribution in [0.5, 0.6) is 0 Å². The summed E-state index contributed by atoms with van der Waals surface area (Å²) in [6.07, 6.45) is 0. The molecule has 0 bridgehead atoms. The number of hydrogen-bond donors (Lipinski definition) is 2. The molecule has 1 aliphatic rings. The SMILES string of the molecule is CCN1CCN(c2ccc(NC(=O)c3ccccc3I)cc2N)CC1. The fourth-order valence-electron chi connectivity index (χ4n) is 3.07. The molecule has 1 saturated heterocycles. The number of nitrogens with one attached hydrogen (secondary N) is 1. The van der Waals surface area contributed by atoms with Crippen LogP contribution in [0.1, 0.15) is 17.3 Å². The summed E-state index contributed by atoms with van der Waals surface area (Å²) in [6, 6.07) is 13.3. The zero-order valence-corrected chi connectivity index (χ0v) is 16.5. The molecular formula is C19H23IN4O. The molecule has 1 aliphatic heterocycles. The molecular weight excluding hydrogens is 427 g/mol. The molecule has 0 aliphatic carbocycles. The third-order valence-corrected chi connectivity index (χ3v) is 5.50. The molecule has 0 radical (unpaired) electrons. The first kappa shape index (κ1) is 18.0. The van der Waals surface area contributed by atoms with Gasteiger partial charge in [-0.05, 0) is 59.5 Å². The van der Waals surface area contributed by atoms with Crippen molar-refractivity contribution in [1.82, 2.24) is 4.90 Å². The van der Waals surface area contributed by atoms with Crippen LogP contribution in [0.2, 0.25) is 0 Å². The maximum absolute atomic E-state index is 12.4. The van der Waals surface area contributed by atoms with E-state index in [9.17, 15) is 4.79 Å². The lowest BCUT2D eigenvalue weighted by Gasteiger charge is -2.36. The first-order valence-electron chi connectivity index (χ1n) is 8.51. The number of benzene rings is 2. The van der Waals surface area contributed by atoms with Gasteiger partial charge in [0.1, 0.15) is 0 Å². The van der Waals surface area contributed by atoms with Gasteiger partial charge in [0.05, 0.1) is 16.9 Å². The lowest BCUT2D eigenvalue weighted by molar-refractivity contribution is 0.102. The van der Waals surface area contributed by atoms with Crippen molar-refractivity contribution in [2.75, 3.05) is 48.7 Å². The van der Waals surface area contributed by atoms with Crippen LogP contribution in [-0.2, 0) is 0 Å². The molecule has 0 spiro atoms. The van der Waals surface area contributed by atoms with Crippen molar-refractivity contribution < 1.29 is 4.79 Å². The van der Waals surface area contributed by atoms with Gasteiger partial charge in [0.25, 0.3) is 5.91 Å². The van der Waals surface area contributed by atoms with E-state index in [1.807, 2.05) is 42.5 Å². The van der Waals surface area contributed by atoms with E-state index in [4.69, 9.17) is 5.73 Å². The normalized spacial score (nSPS) is 15.2. The number of carbonyl (C=O) groups excluding carboxylic acids is 1. The van der Waals surface area contributed by atoms with Gasteiger partial charge in [-0.1, -0.05) is 19.1 Å². The molecule has 2 aromatic carbocycles. The number of hydrogen-bond acceptors (Lipinski definition) is 4. The number of nitrogens with two attached hydrogens (primary N) is 1. The average Bonchev–Trinajstić information content (AvgIpc) is 2.62. The number of piperazine rings is 1. The Hall–Kier alpha value is -1.80. The van der Waals surface area contributed by atoms with Gasteiger partial charge in [0.2, 0.25) is 0 Å². The van der Waals surface area contributed by atoms with Crippen molar-refractivity contribution in [2.45, 2.75) is 6.92 Å². The standard InChI is InChI=1S/C19H23IN4O/c1-2-23-9-11-24(12-10-23)18-8-7-14(13-17(18)21)22-19(25)15-5-3-4-6-16(15)20/h3-8,13H,2,9-12,21H2,1H3,(H,22,25). The Bertz CT molecular complexity index is 757. The molecule has 2 aromatic rings. The second-order valence-electron chi connectivity index (χ2n) is 6.13. The molecule has 132 valence electrons. The van der Waals surface area contributed by atoms with Crippen LogP contribution in [0.3, 0.4) is 0 Å². The van der Waals surface area contributed by atoms with Crippen LogP contribution in [-0.4, -0.2) is 43.5 Å². The number of nitrogen functional groups attached to an aromatic ring is 1. The van der Waals surface area contributed by atoms with Gasteiger partial charge < -0.3 is 20.9 Å². The number of amides is 1. The first-order chi connectivity index (χ1) is 12.1. The largest absolute Gasteiger partial charge is 0.397 e. The number of likely N-dealkylation sites (N-methyl/N-ethyl adjacent to an activating group) is 1. The lowest BCUT2D eigenvalue weighted by atomic mass is 10.1. The summed E-state index contributed by atoms with van der Waals surface area (Å²) in [5.41, 5.74) is 9.39. The molecule has 0 aromatic heterocycles. The highest BCUT2D eigenvalue weighted by Crippen LogP contribution is 2.28. The molecule has 0 unspecified atom stereocenters. The van der Waals surface area contributed by atoms with E-state index < -0.39 is 0 Å². The summed E-state index contributed by atoms with van der Waals surface area (Å²) in [6.45, 7) is 7.35. The van der Waals surface area contributed by atoms with Crippen molar-refractivity contribution in [3.63, 3.8) is 0 Å². The van der Waals surface area contributed by atoms with Gasteiger partial charge >= 0.3 is 0 Å². The molecule has 0 saturated carbocycles. The number of rotatable bonds is 4. The summed E-state index contributed by atoms with van der Waals surface area (Å²) in [5, 5.41) is 2.94. The van der Waals surface area contributed by atoms with Crippen molar-refractivity contribution in [3.05, 3.63) is 51.6 Å². The Kier molecular flexibility index (Phi) is 5.80. The van der Waals surface area contributed by atoms with E-state index in [1.54, 1.807) is 0 Å². The second kappa shape index (κ2) is 8.05. The van der Waals surface area contributed by atoms with Gasteiger partial charge in [0.15, 0.2) is 0 Å². The highest BCUT2D eigenvalue weighted by molar-refractivity contribution is 14.1. The molecule has 3 rings (SSSR count). The van der Waals surface area contributed by atoms with E-state index in [0.717, 1.165) is 47.7 Å². The maximum Gasteiger partial charge on any atom is 0.256 e. The monoisotopic (exact) mass is 450 g/mol. The minimum absolute atomic E-state index is 0.117. The molecule has 1 fully saturated rings. The van der Waals surface area contributed by atoms with Crippen LogP contribution < -0.4 is 16.0 Å². The number of anilines is 3. The van der Waals surface area contributed by atoms with Crippen molar-refractivity contribution in [3.8, 4) is 0 Å². The summed E-state index contributed by atoms with van der Waals surface area (Å²) in [7, 11) is 0. The van der Waals surface area contributed by atoms with Crippen LogP contribution >= 0.6 is 22.6 Å². The first-order valence-corrected chi connectivity index (χ1v) is 9.59. The molecule has 0 atom stereocenters. The van der Waals surface area contributed by atoms with Gasteiger partial charge in [0, 0.05) is 35.4 Å². The summed E-state index contributed by atoms with van der Waals surface area (Å²) < 4.78 is 0.927. The van der Waals surface area contributed by atoms with E-state index in [2.05, 4.69) is 44.6 Å². The highest BCUT2D eigenvalue weighted by atomic mass is 127.